The molecule has 1 rings (SSSR count). The molecule has 88 valence electrons. The summed E-state index contributed by atoms with van der Waals surface area (Å²) in [6.45, 7) is 5.01. The molecule has 1 amide bonds. The van der Waals surface area contributed by atoms with Gasteiger partial charge >= 0.3 is 0 Å². The van der Waals surface area contributed by atoms with Crippen LogP contribution < -0.4 is 0 Å². The van der Waals surface area contributed by atoms with Crippen LogP contribution in [0.25, 0.3) is 0 Å². The standard InChI is InChI=1S/C12H15F2NO/c1-3-15(4-2)12(16)8-9-5-6-10(13)11(14)7-9/h5-7H,3-4,8H2,1-2H3. The van der Waals surface area contributed by atoms with Crippen molar-refractivity contribution in [3.63, 3.8) is 0 Å². The lowest BCUT2D eigenvalue weighted by molar-refractivity contribution is -0.130. The van der Waals surface area contributed by atoms with Crippen LogP contribution in [0.1, 0.15) is 19.4 Å². The van der Waals surface area contributed by atoms with Crippen molar-refractivity contribution in [2.24, 2.45) is 0 Å². The molecule has 0 heterocycles. The van der Waals surface area contributed by atoms with Gasteiger partial charge in [-0.3, -0.25) is 4.79 Å². The highest BCUT2D eigenvalue weighted by molar-refractivity contribution is 5.78. The Balaban J connectivity index is 2.73. The molecule has 0 aliphatic rings. The molecule has 0 unspecified atom stereocenters. The summed E-state index contributed by atoms with van der Waals surface area (Å²) in [6, 6.07) is 3.54. The summed E-state index contributed by atoms with van der Waals surface area (Å²) in [5.41, 5.74) is 0.496. The number of amides is 1. The summed E-state index contributed by atoms with van der Waals surface area (Å²) in [4.78, 5) is 13.3. The van der Waals surface area contributed by atoms with Crippen LogP contribution in [-0.2, 0) is 11.2 Å². The Labute approximate surface area is 93.9 Å². The van der Waals surface area contributed by atoms with Crippen LogP contribution in [0.15, 0.2) is 18.2 Å². The van der Waals surface area contributed by atoms with Crippen molar-refractivity contribution in [1.82, 2.24) is 4.90 Å². The van der Waals surface area contributed by atoms with E-state index >= 15 is 0 Å². The fraction of sp³-hybridized carbons (Fsp3) is 0.417. The van der Waals surface area contributed by atoms with E-state index in [4.69, 9.17) is 0 Å². The van der Waals surface area contributed by atoms with E-state index in [1.165, 1.54) is 6.07 Å². The first-order valence-corrected chi connectivity index (χ1v) is 5.30. The SMILES string of the molecule is CCN(CC)C(=O)Cc1ccc(F)c(F)c1. The zero-order valence-electron chi connectivity index (χ0n) is 9.46. The van der Waals surface area contributed by atoms with Gasteiger partial charge < -0.3 is 4.90 Å². The second-order valence-corrected chi connectivity index (χ2v) is 3.49. The van der Waals surface area contributed by atoms with Crippen LogP contribution in [-0.4, -0.2) is 23.9 Å². The van der Waals surface area contributed by atoms with Gasteiger partial charge in [0.1, 0.15) is 0 Å². The van der Waals surface area contributed by atoms with E-state index in [2.05, 4.69) is 0 Å². The molecule has 0 fully saturated rings. The average Bonchev–Trinajstić information content (AvgIpc) is 2.25. The molecule has 0 radical (unpaired) electrons. The summed E-state index contributed by atoms with van der Waals surface area (Å²) < 4.78 is 25.6. The van der Waals surface area contributed by atoms with E-state index in [-0.39, 0.29) is 12.3 Å². The summed E-state index contributed by atoms with van der Waals surface area (Å²) in [6.07, 6.45) is 0.110. The first-order chi connectivity index (χ1) is 7.58. The van der Waals surface area contributed by atoms with Gasteiger partial charge in [-0.1, -0.05) is 6.07 Å². The first-order valence-electron chi connectivity index (χ1n) is 5.30. The van der Waals surface area contributed by atoms with Crippen molar-refractivity contribution in [2.45, 2.75) is 20.3 Å². The predicted octanol–water partition coefficient (Wildman–Crippen LogP) is 2.38. The maximum absolute atomic E-state index is 12.9. The molecular formula is C12H15F2NO. The van der Waals surface area contributed by atoms with Crippen molar-refractivity contribution in [1.29, 1.82) is 0 Å². The summed E-state index contributed by atoms with van der Waals surface area (Å²) >= 11 is 0. The third kappa shape index (κ3) is 3.02. The maximum Gasteiger partial charge on any atom is 0.226 e. The largest absolute Gasteiger partial charge is 0.343 e. The van der Waals surface area contributed by atoms with Crippen LogP contribution in [0.4, 0.5) is 8.78 Å². The minimum Gasteiger partial charge on any atom is -0.343 e. The molecule has 0 spiro atoms. The number of carbonyl (C=O) groups excluding carboxylic acids is 1. The quantitative estimate of drug-likeness (QED) is 0.773. The van der Waals surface area contributed by atoms with Crippen molar-refractivity contribution in [2.75, 3.05) is 13.1 Å². The molecule has 0 atom stereocenters. The smallest absolute Gasteiger partial charge is 0.226 e. The molecule has 0 bridgehead atoms. The molecule has 4 heteroatoms. The fourth-order valence-electron chi connectivity index (χ4n) is 1.51. The fourth-order valence-corrected chi connectivity index (χ4v) is 1.51. The monoisotopic (exact) mass is 227 g/mol. The number of benzene rings is 1. The number of hydrogen-bond donors (Lipinski definition) is 0. The molecule has 0 N–H and O–H groups in total. The van der Waals surface area contributed by atoms with Gasteiger partial charge in [-0.25, -0.2) is 8.78 Å². The zero-order chi connectivity index (χ0) is 12.1. The minimum atomic E-state index is -0.912. The maximum atomic E-state index is 12.9. The molecule has 1 aromatic rings. The lowest BCUT2D eigenvalue weighted by Crippen LogP contribution is -2.31. The van der Waals surface area contributed by atoms with Crippen LogP contribution in [0.3, 0.4) is 0 Å². The van der Waals surface area contributed by atoms with E-state index in [1.54, 1.807) is 4.90 Å². The summed E-state index contributed by atoms with van der Waals surface area (Å²) in [5.74, 6) is -1.88. The lowest BCUT2D eigenvalue weighted by Gasteiger charge is -2.18. The Morgan fingerprint density at radius 2 is 1.81 bits per heavy atom. The predicted molar refractivity (Wildman–Crippen MR) is 58.0 cm³/mol. The molecule has 0 aromatic heterocycles. The van der Waals surface area contributed by atoms with Crippen LogP contribution in [0.5, 0.6) is 0 Å². The second-order valence-electron chi connectivity index (χ2n) is 3.49. The molecular weight excluding hydrogens is 212 g/mol. The van der Waals surface area contributed by atoms with Crippen LogP contribution >= 0.6 is 0 Å². The number of nitrogens with zero attached hydrogens (tertiary/aromatic N) is 1. The van der Waals surface area contributed by atoms with Crippen LogP contribution in [0.2, 0.25) is 0 Å². The second kappa shape index (κ2) is 5.58. The topological polar surface area (TPSA) is 20.3 Å². The van der Waals surface area contributed by atoms with Gasteiger partial charge in [0.25, 0.3) is 0 Å². The first kappa shape index (κ1) is 12.6. The highest BCUT2D eigenvalue weighted by Crippen LogP contribution is 2.10. The molecule has 16 heavy (non-hydrogen) atoms. The molecule has 1 aromatic carbocycles. The van der Waals surface area contributed by atoms with Gasteiger partial charge in [-0.2, -0.15) is 0 Å². The van der Waals surface area contributed by atoms with Gasteiger partial charge in [0.2, 0.25) is 5.91 Å². The van der Waals surface area contributed by atoms with Crippen molar-refractivity contribution in [3.05, 3.63) is 35.4 Å². The number of halogens is 2. The van der Waals surface area contributed by atoms with E-state index in [9.17, 15) is 13.6 Å². The molecule has 0 saturated carbocycles. The number of likely N-dealkylation sites (N-methyl/N-ethyl adjacent to an activating group) is 1. The van der Waals surface area contributed by atoms with E-state index < -0.39 is 11.6 Å². The Kier molecular flexibility index (Phi) is 4.40. The Hall–Kier alpha value is -1.45. The van der Waals surface area contributed by atoms with Gasteiger partial charge in [0, 0.05) is 13.1 Å². The lowest BCUT2D eigenvalue weighted by atomic mass is 10.1. The van der Waals surface area contributed by atoms with E-state index in [0.29, 0.717) is 18.7 Å². The van der Waals surface area contributed by atoms with Crippen molar-refractivity contribution >= 4 is 5.91 Å². The zero-order valence-corrected chi connectivity index (χ0v) is 9.46. The van der Waals surface area contributed by atoms with Crippen molar-refractivity contribution in [3.8, 4) is 0 Å². The number of rotatable bonds is 4. The number of hydrogen-bond acceptors (Lipinski definition) is 1. The average molecular weight is 227 g/mol. The third-order valence-electron chi connectivity index (χ3n) is 2.46. The Bertz CT molecular complexity index is 375. The minimum absolute atomic E-state index is 0.0731. The van der Waals surface area contributed by atoms with Gasteiger partial charge in [0.05, 0.1) is 6.42 Å². The van der Waals surface area contributed by atoms with E-state index in [0.717, 1.165) is 12.1 Å². The summed E-state index contributed by atoms with van der Waals surface area (Å²) in [7, 11) is 0. The van der Waals surface area contributed by atoms with Crippen molar-refractivity contribution < 1.29 is 13.6 Å². The van der Waals surface area contributed by atoms with Gasteiger partial charge in [-0.15, -0.1) is 0 Å². The molecule has 0 aliphatic carbocycles. The normalized spacial score (nSPS) is 10.2. The molecule has 2 nitrogen and oxygen atoms in total. The molecule has 0 saturated heterocycles. The summed E-state index contributed by atoms with van der Waals surface area (Å²) in [5, 5.41) is 0. The van der Waals surface area contributed by atoms with Gasteiger partial charge in [0.15, 0.2) is 11.6 Å². The van der Waals surface area contributed by atoms with Gasteiger partial charge in [-0.05, 0) is 31.5 Å². The van der Waals surface area contributed by atoms with E-state index in [1.807, 2.05) is 13.8 Å². The Morgan fingerprint density at radius 1 is 1.19 bits per heavy atom. The number of carbonyl (C=O) groups is 1. The highest BCUT2D eigenvalue weighted by Gasteiger charge is 2.11. The Morgan fingerprint density at radius 3 is 2.31 bits per heavy atom. The molecule has 0 aliphatic heterocycles. The highest BCUT2D eigenvalue weighted by atomic mass is 19.2. The van der Waals surface area contributed by atoms with Crippen LogP contribution in [0, 0.1) is 11.6 Å². The third-order valence-corrected chi connectivity index (χ3v) is 2.46.